The Kier molecular flexibility index (Phi) is 8.44. The van der Waals surface area contributed by atoms with E-state index in [1.54, 1.807) is 48.5 Å². The van der Waals surface area contributed by atoms with Crippen LogP contribution in [0.4, 0.5) is 11.4 Å². The van der Waals surface area contributed by atoms with Crippen molar-refractivity contribution in [2.45, 2.75) is 32.8 Å². The van der Waals surface area contributed by atoms with Crippen LogP contribution in [-0.4, -0.2) is 46.2 Å². The highest BCUT2D eigenvalue weighted by molar-refractivity contribution is 7.92. The summed E-state index contributed by atoms with van der Waals surface area (Å²) in [5.74, 6) is -0.200. The molecule has 0 aliphatic carbocycles. The van der Waals surface area contributed by atoms with E-state index in [-0.39, 0.29) is 11.8 Å². The first-order valence-corrected chi connectivity index (χ1v) is 11.9. The molecule has 9 heteroatoms. The van der Waals surface area contributed by atoms with Gasteiger partial charge in [0.05, 0.1) is 23.2 Å². The van der Waals surface area contributed by atoms with Crippen LogP contribution in [0.5, 0.6) is 5.75 Å². The first-order valence-electron chi connectivity index (χ1n) is 10.1. The average Bonchev–Trinajstić information content (AvgIpc) is 2.75. The summed E-state index contributed by atoms with van der Waals surface area (Å²) in [7, 11) is -1.91. The predicted octanol–water partition coefficient (Wildman–Crippen LogP) is 3.02. The zero-order valence-corrected chi connectivity index (χ0v) is 19.0. The van der Waals surface area contributed by atoms with E-state index < -0.39 is 16.1 Å². The molecule has 2 aromatic rings. The van der Waals surface area contributed by atoms with Gasteiger partial charge in [0.25, 0.3) is 11.8 Å². The lowest BCUT2D eigenvalue weighted by molar-refractivity contribution is -0.122. The Bertz CT molecular complexity index is 1010. The van der Waals surface area contributed by atoms with Crippen LogP contribution in [0.3, 0.4) is 0 Å². The SMILES string of the molecule is CCCNC(=O)c1ccccc1NC(=O)C(CC)Oc1ccc(N(C)S(C)(=O)=O)cc1. The van der Waals surface area contributed by atoms with Crippen LogP contribution in [0, 0.1) is 0 Å². The summed E-state index contributed by atoms with van der Waals surface area (Å²) in [6.07, 6.45) is 1.55. The molecule has 0 spiro atoms. The van der Waals surface area contributed by atoms with Crippen molar-refractivity contribution in [3.63, 3.8) is 0 Å². The highest BCUT2D eigenvalue weighted by Gasteiger charge is 2.21. The molecule has 2 aromatic carbocycles. The molecule has 0 bridgehead atoms. The minimum atomic E-state index is -3.37. The molecular weight excluding hydrogens is 418 g/mol. The molecule has 0 saturated carbocycles. The van der Waals surface area contributed by atoms with Gasteiger partial charge in [-0.1, -0.05) is 26.0 Å². The molecule has 0 fully saturated rings. The topological polar surface area (TPSA) is 105 Å². The number of amides is 2. The van der Waals surface area contributed by atoms with Crippen LogP contribution in [0.2, 0.25) is 0 Å². The molecule has 0 aliphatic rings. The molecule has 168 valence electrons. The van der Waals surface area contributed by atoms with Crippen LogP contribution >= 0.6 is 0 Å². The summed E-state index contributed by atoms with van der Waals surface area (Å²) >= 11 is 0. The summed E-state index contributed by atoms with van der Waals surface area (Å²) < 4.78 is 30.3. The van der Waals surface area contributed by atoms with Crippen LogP contribution in [0.25, 0.3) is 0 Å². The van der Waals surface area contributed by atoms with Crippen LogP contribution in [0.15, 0.2) is 48.5 Å². The van der Waals surface area contributed by atoms with Gasteiger partial charge in [0, 0.05) is 13.6 Å². The highest BCUT2D eigenvalue weighted by Crippen LogP contribution is 2.22. The van der Waals surface area contributed by atoms with Crippen molar-refractivity contribution in [2.24, 2.45) is 0 Å². The van der Waals surface area contributed by atoms with Gasteiger partial charge in [-0.15, -0.1) is 0 Å². The highest BCUT2D eigenvalue weighted by atomic mass is 32.2. The number of nitrogens with one attached hydrogen (secondary N) is 2. The lowest BCUT2D eigenvalue weighted by Crippen LogP contribution is -2.33. The lowest BCUT2D eigenvalue weighted by Gasteiger charge is -2.20. The third-order valence-electron chi connectivity index (χ3n) is 4.60. The fraction of sp³-hybridized carbons (Fsp3) is 0.364. The van der Waals surface area contributed by atoms with Gasteiger partial charge in [0.2, 0.25) is 10.0 Å². The predicted molar refractivity (Wildman–Crippen MR) is 122 cm³/mol. The van der Waals surface area contributed by atoms with E-state index in [4.69, 9.17) is 4.74 Å². The number of anilines is 2. The van der Waals surface area contributed by atoms with E-state index >= 15 is 0 Å². The van der Waals surface area contributed by atoms with Gasteiger partial charge >= 0.3 is 0 Å². The van der Waals surface area contributed by atoms with Crippen molar-refractivity contribution >= 4 is 33.2 Å². The minimum Gasteiger partial charge on any atom is -0.481 e. The Morgan fingerprint density at radius 1 is 1.06 bits per heavy atom. The fourth-order valence-electron chi connectivity index (χ4n) is 2.75. The first kappa shape index (κ1) is 24.2. The number of nitrogens with zero attached hydrogens (tertiary/aromatic N) is 1. The molecule has 2 N–H and O–H groups in total. The molecule has 2 amide bonds. The number of carbonyl (C=O) groups excluding carboxylic acids is 2. The normalized spacial score (nSPS) is 12.0. The number of ether oxygens (including phenoxy) is 1. The third-order valence-corrected chi connectivity index (χ3v) is 5.81. The standard InChI is InChI=1S/C22H29N3O5S/c1-5-15-23-21(26)18-9-7-8-10-19(18)24-22(27)20(6-2)30-17-13-11-16(12-14-17)25(3)31(4,28)29/h7-14,20H,5-6,15H2,1-4H3,(H,23,26)(H,24,27). The second kappa shape index (κ2) is 10.8. The molecule has 0 aliphatic heterocycles. The number of sulfonamides is 1. The number of carbonyl (C=O) groups is 2. The van der Waals surface area contributed by atoms with Gasteiger partial charge in [0.1, 0.15) is 5.75 Å². The quantitative estimate of drug-likeness (QED) is 0.583. The lowest BCUT2D eigenvalue weighted by atomic mass is 10.1. The van der Waals surface area contributed by atoms with Gasteiger partial charge in [-0.3, -0.25) is 13.9 Å². The molecular formula is C22H29N3O5S. The van der Waals surface area contributed by atoms with Crippen LogP contribution in [-0.2, 0) is 14.8 Å². The van der Waals surface area contributed by atoms with E-state index in [1.165, 1.54) is 7.05 Å². The molecule has 8 nitrogen and oxygen atoms in total. The number of rotatable bonds is 10. The summed E-state index contributed by atoms with van der Waals surface area (Å²) in [6.45, 7) is 4.32. The van der Waals surface area contributed by atoms with E-state index in [2.05, 4.69) is 10.6 Å². The van der Waals surface area contributed by atoms with Crippen molar-refractivity contribution in [3.05, 3.63) is 54.1 Å². The second-order valence-electron chi connectivity index (χ2n) is 7.03. The average molecular weight is 448 g/mol. The van der Waals surface area contributed by atoms with Crippen molar-refractivity contribution in [1.82, 2.24) is 5.32 Å². The van der Waals surface area contributed by atoms with E-state index in [1.807, 2.05) is 13.8 Å². The maximum atomic E-state index is 12.8. The van der Waals surface area contributed by atoms with E-state index in [0.29, 0.717) is 35.7 Å². The zero-order valence-electron chi connectivity index (χ0n) is 18.2. The Hall–Kier alpha value is -3.07. The Morgan fingerprint density at radius 3 is 2.29 bits per heavy atom. The maximum absolute atomic E-state index is 12.8. The van der Waals surface area contributed by atoms with Gasteiger partial charge in [-0.05, 0) is 49.2 Å². The Morgan fingerprint density at radius 2 is 1.71 bits per heavy atom. The number of para-hydroxylation sites is 1. The van der Waals surface area contributed by atoms with Crippen LogP contribution < -0.4 is 19.7 Å². The first-order chi connectivity index (χ1) is 14.7. The molecule has 2 rings (SSSR count). The van der Waals surface area contributed by atoms with E-state index in [0.717, 1.165) is 17.0 Å². The Balaban J connectivity index is 2.11. The van der Waals surface area contributed by atoms with Gasteiger partial charge in [0.15, 0.2) is 6.10 Å². The molecule has 0 radical (unpaired) electrons. The Labute approximate surface area is 183 Å². The number of benzene rings is 2. The number of hydrogen-bond acceptors (Lipinski definition) is 5. The van der Waals surface area contributed by atoms with Crippen LogP contribution in [0.1, 0.15) is 37.0 Å². The fourth-order valence-corrected chi connectivity index (χ4v) is 3.25. The smallest absolute Gasteiger partial charge is 0.265 e. The summed E-state index contributed by atoms with van der Waals surface area (Å²) in [5, 5.41) is 5.58. The minimum absolute atomic E-state index is 0.252. The third kappa shape index (κ3) is 6.71. The van der Waals surface area contributed by atoms with Crippen molar-refractivity contribution in [2.75, 3.05) is 29.5 Å². The molecule has 1 unspecified atom stereocenters. The summed E-state index contributed by atoms with van der Waals surface area (Å²) in [5.41, 5.74) is 1.28. The van der Waals surface area contributed by atoms with Gasteiger partial charge < -0.3 is 15.4 Å². The second-order valence-corrected chi connectivity index (χ2v) is 9.04. The molecule has 0 saturated heterocycles. The molecule has 31 heavy (non-hydrogen) atoms. The molecule has 1 atom stereocenters. The van der Waals surface area contributed by atoms with Crippen molar-refractivity contribution in [3.8, 4) is 5.75 Å². The van der Waals surface area contributed by atoms with Gasteiger partial charge in [-0.2, -0.15) is 0 Å². The van der Waals surface area contributed by atoms with Crippen molar-refractivity contribution < 1.29 is 22.7 Å². The summed E-state index contributed by atoms with van der Waals surface area (Å²) in [6, 6.07) is 13.2. The molecule has 0 heterocycles. The maximum Gasteiger partial charge on any atom is 0.265 e. The number of hydrogen-bond donors (Lipinski definition) is 2. The van der Waals surface area contributed by atoms with Crippen molar-refractivity contribution in [1.29, 1.82) is 0 Å². The van der Waals surface area contributed by atoms with E-state index in [9.17, 15) is 18.0 Å². The summed E-state index contributed by atoms with van der Waals surface area (Å²) in [4.78, 5) is 25.1. The molecule has 0 aromatic heterocycles. The zero-order chi connectivity index (χ0) is 23.0. The van der Waals surface area contributed by atoms with Gasteiger partial charge in [-0.25, -0.2) is 8.42 Å². The monoisotopic (exact) mass is 447 g/mol. The largest absolute Gasteiger partial charge is 0.481 e.